The summed E-state index contributed by atoms with van der Waals surface area (Å²) in [7, 11) is 0. The summed E-state index contributed by atoms with van der Waals surface area (Å²) in [5.41, 5.74) is 7.68. The largest absolute Gasteiger partial charge is 0.152 e. The van der Waals surface area contributed by atoms with E-state index in [4.69, 9.17) is 0 Å². The third kappa shape index (κ3) is 3.37. The third-order valence-corrected chi connectivity index (χ3v) is 6.48. The lowest BCUT2D eigenvalue weighted by molar-refractivity contribution is 1.65. The van der Waals surface area contributed by atoms with Crippen LogP contribution in [0.2, 0.25) is 0 Å². The molecule has 0 bridgehead atoms. The molecule has 4 heteroatoms. The second-order valence-corrected chi connectivity index (χ2v) is 8.33. The normalized spacial score (nSPS) is 10.5. The first kappa shape index (κ1) is 15.8. The second-order valence-electron chi connectivity index (χ2n) is 5.21. The minimum absolute atomic E-state index is 1.28. The van der Waals surface area contributed by atoms with Gasteiger partial charge in [0.2, 0.25) is 0 Å². The Hall–Kier alpha value is -1.72. The molecule has 0 aromatic carbocycles. The van der Waals surface area contributed by atoms with Crippen LogP contribution in [0.1, 0.15) is 22.3 Å². The van der Waals surface area contributed by atoms with Gasteiger partial charge < -0.3 is 0 Å². The van der Waals surface area contributed by atoms with Crippen LogP contribution in [0.5, 0.6) is 0 Å². The fourth-order valence-electron chi connectivity index (χ4n) is 2.56. The SMILES string of the molecule is C(C=C(c1ccsc1)c1ccsc1)=C(c1ccsc1)c1ccsc1. The lowest BCUT2D eigenvalue weighted by atomic mass is 9.99. The van der Waals surface area contributed by atoms with Gasteiger partial charge in [-0.15, -0.1) is 0 Å². The quantitative estimate of drug-likeness (QED) is 0.314. The maximum atomic E-state index is 2.26. The predicted molar refractivity (Wildman–Crippen MR) is 111 cm³/mol. The Morgan fingerprint density at radius 2 is 0.792 bits per heavy atom. The topological polar surface area (TPSA) is 0 Å². The summed E-state index contributed by atoms with van der Waals surface area (Å²) < 4.78 is 0. The van der Waals surface area contributed by atoms with Crippen LogP contribution < -0.4 is 0 Å². The molecule has 0 atom stereocenters. The lowest BCUT2D eigenvalue weighted by Crippen LogP contribution is -1.85. The first-order valence-corrected chi connectivity index (χ1v) is 11.2. The van der Waals surface area contributed by atoms with E-state index < -0.39 is 0 Å². The van der Waals surface area contributed by atoms with Gasteiger partial charge in [0.15, 0.2) is 0 Å². The van der Waals surface area contributed by atoms with Gasteiger partial charge in [-0.05, 0) is 101 Å². The maximum Gasteiger partial charge on any atom is -0.00145 e. The number of thiophene rings is 4. The summed E-state index contributed by atoms with van der Waals surface area (Å²) in [5, 5.41) is 17.4. The summed E-state index contributed by atoms with van der Waals surface area (Å²) >= 11 is 6.96. The molecule has 0 fully saturated rings. The Morgan fingerprint density at radius 3 is 1.00 bits per heavy atom. The molecule has 0 aliphatic rings. The van der Waals surface area contributed by atoms with Crippen LogP contribution in [0.25, 0.3) is 11.1 Å². The van der Waals surface area contributed by atoms with Crippen molar-refractivity contribution in [3.05, 3.63) is 102 Å². The standard InChI is InChI=1S/C20H14S4/c1(19(15-3-7-21-11-15)16-4-8-22-12-16)2-20(17-5-9-23-13-17)18-6-10-24-14-18/h1-14H. The van der Waals surface area contributed by atoms with Crippen molar-refractivity contribution >= 4 is 56.5 Å². The molecular weight excluding hydrogens is 368 g/mol. The molecular formula is C20H14S4. The van der Waals surface area contributed by atoms with Crippen LogP contribution in [0, 0.1) is 0 Å². The highest BCUT2D eigenvalue weighted by Gasteiger charge is 2.08. The van der Waals surface area contributed by atoms with Crippen molar-refractivity contribution in [1.29, 1.82) is 0 Å². The molecule has 0 radical (unpaired) electrons. The average molecular weight is 383 g/mol. The number of rotatable bonds is 5. The molecule has 0 spiro atoms. The summed E-state index contributed by atoms with van der Waals surface area (Å²) in [6, 6.07) is 8.77. The van der Waals surface area contributed by atoms with E-state index in [1.165, 1.54) is 33.4 Å². The lowest BCUT2D eigenvalue weighted by Gasteiger charge is -2.05. The highest BCUT2D eigenvalue weighted by molar-refractivity contribution is 7.09. The molecule has 24 heavy (non-hydrogen) atoms. The summed E-state index contributed by atoms with van der Waals surface area (Å²) in [4.78, 5) is 0. The molecule has 0 saturated heterocycles. The molecule has 0 N–H and O–H groups in total. The Morgan fingerprint density at radius 1 is 0.500 bits per heavy atom. The number of allylic oxidation sites excluding steroid dienone is 2. The smallest absolute Gasteiger partial charge is 0.00145 e. The minimum atomic E-state index is 1.28. The summed E-state index contributed by atoms with van der Waals surface area (Å²) in [6.45, 7) is 0. The zero-order valence-electron chi connectivity index (χ0n) is 12.7. The molecule has 0 nitrogen and oxygen atoms in total. The molecule has 0 aliphatic heterocycles. The Bertz CT molecular complexity index is 767. The Kier molecular flexibility index (Phi) is 4.90. The van der Waals surface area contributed by atoms with Crippen molar-refractivity contribution in [3.63, 3.8) is 0 Å². The Labute approximate surface area is 157 Å². The monoisotopic (exact) mass is 382 g/mol. The number of hydrogen-bond acceptors (Lipinski definition) is 4. The van der Waals surface area contributed by atoms with Gasteiger partial charge in [0.05, 0.1) is 0 Å². The van der Waals surface area contributed by atoms with E-state index in [0.717, 1.165) is 0 Å². The predicted octanol–water partition coefficient (Wildman–Crippen LogP) is 7.50. The maximum absolute atomic E-state index is 2.26. The molecule has 4 rings (SSSR count). The molecule has 0 saturated carbocycles. The number of hydrogen-bond donors (Lipinski definition) is 0. The van der Waals surface area contributed by atoms with Gasteiger partial charge in [0, 0.05) is 0 Å². The summed E-state index contributed by atoms with van der Waals surface area (Å²) in [5.74, 6) is 0. The van der Waals surface area contributed by atoms with Crippen LogP contribution in [-0.4, -0.2) is 0 Å². The highest BCUT2D eigenvalue weighted by atomic mass is 32.1. The fraction of sp³-hybridized carbons (Fsp3) is 0. The van der Waals surface area contributed by atoms with Crippen molar-refractivity contribution in [3.8, 4) is 0 Å². The van der Waals surface area contributed by atoms with E-state index in [0.29, 0.717) is 0 Å². The van der Waals surface area contributed by atoms with Crippen LogP contribution in [0.4, 0.5) is 0 Å². The average Bonchev–Trinajstić information content (AvgIpc) is 3.42. The van der Waals surface area contributed by atoms with E-state index in [1.54, 1.807) is 45.3 Å². The van der Waals surface area contributed by atoms with Crippen molar-refractivity contribution in [2.24, 2.45) is 0 Å². The van der Waals surface area contributed by atoms with E-state index in [2.05, 4.69) is 79.5 Å². The second kappa shape index (κ2) is 7.45. The van der Waals surface area contributed by atoms with E-state index >= 15 is 0 Å². The van der Waals surface area contributed by atoms with Crippen LogP contribution >= 0.6 is 45.3 Å². The van der Waals surface area contributed by atoms with E-state index in [-0.39, 0.29) is 0 Å². The summed E-state index contributed by atoms with van der Waals surface area (Å²) in [6.07, 6.45) is 4.52. The van der Waals surface area contributed by atoms with Gasteiger partial charge in [-0.3, -0.25) is 0 Å². The van der Waals surface area contributed by atoms with Crippen molar-refractivity contribution in [1.82, 2.24) is 0 Å². The molecule has 4 heterocycles. The van der Waals surface area contributed by atoms with Crippen molar-refractivity contribution in [2.45, 2.75) is 0 Å². The zero-order valence-corrected chi connectivity index (χ0v) is 16.0. The van der Waals surface area contributed by atoms with Gasteiger partial charge in [-0.2, -0.15) is 45.3 Å². The Balaban J connectivity index is 1.82. The van der Waals surface area contributed by atoms with Gasteiger partial charge in [0.25, 0.3) is 0 Å². The van der Waals surface area contributed by atoms with Gasteiger partial charge >= 0.3 is 0 Å². The minimum Gasteiger partial charge on any atom is -0.152 e. The van der Waals surface area contributed by atoms with Crippen molar-refractivity contribution in [2.75, 3.05) is 0 Å². The molecule has 0 unspecified atom stereocenters. The molecule has 4 aromatic heterocycles. The fourth-order valence-corrected chi connectivity index (χ4v) is 5.18. The van der Waals surface area contributed by atoms with Gasteiger partial charge in [-0.25, -0.2) is 0 Å². The van der Waals surface area contributed by atoms with Gasteiger partial charge in [-0.1, -0.05) is 12.2 Å². The van der Waals surface area contributed by atoms with E-state index in [9.17, 15) is 0 Å². The van der Waals surface area contributed by atoms with Crippen LogP contribution in [-0.2, 0) is 0 Å². The van der Waals surface area contributed by atoms with Crippen LogP contribution in [0.15, 0.2) is 79.5 Å². The molecule has 0 aliphatic carbocycles. The first-order valence-electron chi connectivity index (χ1n) is 7.44. The molecule has 118 valence electrons. The highest BCUT2D eigenvalue weighted by Crippen LogP contribution is 2.31. The first-order chi connectivity index (χ1) is 11.9. The van der Waals surface area contributed by atoms with E-state index in [1.807, 2.05) is 0 Å². The van der Waals surface area contributed by atoms with Crippen LogP contribution in [0.3, 0.4) is 0 Å². The molecule has 0 amide bonds. The third-order valence-electron chi connectivity index (χ3n) is 3.75. The van der Waals surface area contributed by atoms with Gasteiger partial charge in [0.1, 0.15) is 0 Å². The van der Waals surface area contributed by atoms with Crippen molar-refractivity contribution < 1.29 is 0 Å². The zero-order chi connectivity index (χ0) is 16.2. The molecule has 4 aromatic rings.